The molecule has 3 nitrogen and oxygen atoms in total. The number of carboxylic acid groups (broad SMARTS) is 1. The summed E-state index contributed by atoms with van der Waals surface area (Å²) in [5.41, 5.74) is 5.19. The average molecular weight is 280 g/mol. The van der Waals surface area contributed by atoms with Crippen molar-refractivity contribution in [2.75, 3.05) is 12.0 Å². The Hall–Kier alpha value is 1.03. The van der Waals surface area contributed by atoms with E-state index in [1.807, 2.05) is 6.26 Å². The first kappa shape index (κ1) is 17.9. The number of aliphatic carboxylic acids is 1. The van der Waals surface area contributed by atoms with Gasteiger partial charge in [-0.3, -0.25) is 4.79 Å². The number of rotatable bonds is 4. The number of carbonyl (C=O) groups is 1. The fourth-order valence-corrected chi connectivity index (χ4v) is 0.858. The van der Waals surface area contributed by atoms with Crippen LogP contribution in [0.15, 0.2) is 0 Å². The van der Waals surface area contributed by atoms with Crippen LogP contribution in [0.2, 0.25) is 0 Å². The van der Waals surface area contributed by atoms with Crippen molar-refractivity contribution in [3.05, 3.63) is 0 Å². The van der Waals surface area contributed by atoms with Gasteiger partial charge in [-0.05, 0) is 18.4 Å². The van der Waals surface area contributed by atoms with Crippen LogP contribution in [0.1, 0.15) is 6.42 Å². The van der Waals surface area contributed by atoms with E-state index in [-0.39, 0.29) is 39.0 Å². The predicted molar refractivity (Wildman–Crippen MR) is 38.6 cm³/mol. The maximum atomic E-state index is 10.1. The summed E-state index contributed by atoms with van der Waals surface area (Å²) < 4.78 is 0. The van der Waals surface area contributed by atoms with Gasteiger partial charge in [0.15, 0.2) is 0 Å². The van der Waals surface area contributed by atoms with Crippen molar-refractivity contribution in [2.24, 2.45) is 5.73 Å². The molecule has 0 aliphatic rings. The van der Waals surface area contributed by atoms with Crippen molar-refractivity contribution in [3.8, 4) is 0 Å². The Morgan fingerprint density at radius 3 is 2.36 bits per heavy atom. The second-order valence-electron chi connectivity index (χ2n) is 1.73. The molecular formula is C5H11NO2SZn2. The van der Waals surface area contributed by atoms with Gasteiger partial charge in [0.2, 0.25) is 0 Å². The molecular weight excluding hydrogens is 269 g/mol. The molecule has 0 radical (unpaired) electrons. The van der Waals surface area contributed by atoms with E-state index < -0.39 is 12.0 Å². The summed E-state index contributed by atoms with van der Waals surface area (Å²) in [6.07, 6.45) is 2.48. The molecule has 0 aromatic carbocycles. The second-order valence-corrected chi connectivity index (χ2v) is 2.71. The fraction of sp³-hybridized carbons (Fsp3) is 0.800. The van der Waals surface area contributed by atoms with Crippen molar-refractivity contribution in [2.45, 2.75) is 12.5 Å². The van der Waals surface area contributed by atoms with Crippen LogP contribution in [0.4, 0.5) is 0 Å². The van der Waals surface area contributed by atoms with E-state index in [0.717, 1.165) is 5.75 Å². The van der Waals surface area contributed by atoms with Gasteiger partial charge >= 0.3 is 5.97 Å². The second kappa shape index (κ2) is 11.0. The topological polar surface area (TPSA) is 63.3 Å². The van der Waals surface area contributed by atoms with Gasteiger partial charge in [0.05, 0.1) is 0 Å². The SMILES string of the molecule is CSCC[C@H](N)C(=O)O.[Zn].[Zn]. The van der Waals surface area contributed by atoms with Crippen molar-refractivity contribution in [3.63, 3.8) is 0 Å². The molecule has 58 valence electrons. The first-order valence-electron chi connectivity index (χ1n) is 2.65. The molecule has 3 N–H and O–H groups in total. The molecule has 0 bridgehead atoms. The zero-order chi connectivity index (χ0) is 7.28. The van der Waals surface area contributed by atoms with Crippen LogP contribution in [-0.2, 0) is 43.8 Å². The zero-order valence-electron chi connectivity index (χ0n) is 6.75. The van der Waals surface area contributed by atoms with E-state index in [1.165, 1.54) is 0 Å². The molecule has 0 aromatic rings. The molecule has 0 aliphatic heterocycles. The minimum atomic E-state index is -0.913. The van der Waals surface area contributed by atoms with E-state index >= 15 is 0 Å². The third kappa shape index (κ3) is 11.0. The molecule has 0 unspecified atom stereocenters. The summed E-state index contributed by atoms with van der Waals surface area (Å²) in [5.74, 6) is -0.1000. The number of nitrogens with two attached hydrogens (primary N) is 1. The Morgan fingerprint density at radius 2 is 2.09 bits per heavy atom. The first-order valence-corrected chi connectivity index (χ1v) is 4.05. The number of hydrogen-bond donors (Lipinski definition) is 2. The Balaban J connectivity index is -0.000000320. The van der Waals surface area contributed by atoms with Crippen LogP contribution in [0.3, 0.4) is 0 Å². The summed E-state index contributed by atoms with van der Waals surface area (Å²) in [4.78, 5) is 10.1. The normalized spacial score (nSPS) is 10.7. The van der Waals surface area contributed by atoms with Gasteiger partial charge in [0, 0.05) is 39.0 Å². The van der Waals surface area contributed by atoms with Crippen molar-refractivity contribution in [1.29, 1.82) is 0 Å². The maximum absolute atomic E-state index is 10.1. The molecule has 0 aliphatic carbocycles. The molecule has 0 fully saturated rings. The van der Waals surface area contributed by atoms with Gasteiger partial charge in [-0.15, -0.1) is 0 Å². The van der Waals surface area contributed by atoms with E-state index in [2.05, 4.69) is 0 Å². The number of hydrogen-bond acceptors (Lipinski definition) is 3. The molecule has 0 rings (SSSR count). The molecule has 6 heteroatoms. The van der Waals surface area contributed by atoms with Crippen molar-refractivity contribution >= 4 is 17.7 Å². The first-order chi connectivity index (χ1) is 4.18. The smallest absolute Gasteiger partial charge is 0.320 e. The molecule has 0 amide bonds. The maximum Gasteiger partial charge on any atom is 0.320 e. The average Bonchev–Trinajstić information content (AvgIpc) is 1.82. The molecule has 0 heterocycles. The van der Waals surface area contributed by atoms with Crippen LogP contribution in [0.5, 0.6) is 0 Å². The zero-order valence-corrected chi connectivity index (χ0v) is 13.5. The van der Waals surface area contributed by atoms with Crippen LogP contribution in [0, 0.1) is 0 Å². The van der Waals surface area contributed by atoms with Crippen LogP contribution >= 0.6 is 11.8 Å². The summed E-state index contributed by atoms with van der Waals surface area (Å²) in [5, 5.41) is 8.27. The standard InChI is InChI=1S/C5H11NO2S.2Zn/c1-9-3-2-4(6)5(7)8;;/h4H,2-3,6H2,1H3,(H,7,8);;/t4-;;/m0../s1. The van der Waals surface area contributed by atoms with Gasteiger partial charge < -0.3 is 10.8 Å². The quantitative estimate of drug-likeness (QED) is 0.719. The van der Waals surface area contributed by atoms with E-state index in [1.54, 1.807) is 11.8 Å². The van der Waals surface area contributed by atoms with Gasteiger partial charge in [-0.25, -0.2) is 0 Å². The summed E-state index contributed by atoms with van der Waals surface area (Å²) in [6, 6.07) is -0.683. The Labute approximate surface area is 96.4 Å². The van der Waals surface area contributed by atoms with E-state index in [0.29, 0.717) is 6.42 Å². The van der Waals surface area contributed by atoms with Crippen LogP contribution in [-0.4, -0.2) is 29.1 Å². The monoisotopic (exact) mass is 277 g/mol. The molecule has 0 saturated carbocycles. The molecule has 11 heavy (non-hydrogen) atoms. The Morgan fingerprint density at radius 1 is 1.64 bits per heavy atom. The Bertz CT molecular complexity index is 104. The summed E-state index contributed by atoms with van der Waals surface area (Å²) >= 11 is 1.60. The fourth-order valence-electron chi connectivity index (χ4n) is 0.368. The van der Waals surface area contributed by atoms with Crippen molar-refractivity contribution < 1.29 is 48.9 Å². The third-order valence-electron chi connectivity index (χ3n) is 0.950. The summed E-state index contributed by atoms with van der Waals surface area (Å²) in [6.45, 7) is 0. The molecule has 0 saturated heterocycles. The van der Waals surface area contributed by atoms with Gasteiger partial charge in [-0.2, -0.15) is 11.8 Å². The minimum absolute atomic E-state index is 0. The van der Waals surface area contributed by atoms with Gasteiger partial charge in [0.25, 0.3) is 0 Å². The largest absolute Gasteiger partial charge is 0.480 e. The number of thioether (sulfide) groups is 1. The number of carboxylic acids is 1. The summed E-state index contributed by atoms with van der Waals surface area (Å²) in [7, 11) is 0. The van der Waals surface area contributed by atoms with Gasteiger partial charge in [-0.1, -0.05) is 0 Å². The van der Waals surface area contributed by atoms with Crippen LogP contribution in [0.25, 0.3) is 0 Å². The van der Waals surface area contributed by atoms with E-state index in [9.17, 15) is 4.79 Å². The third-order valence-corrected chi connectivity index (χ3v) is 1.59. The van der Waals surface area contributed by atoms with Crippen LogP contribution < -0.4 is 5.73 Å². The minimum Gasteiger partial charge on any atom is -0.480 e. The molecule has 0 aromatic heterocycles. The molecule has 1 atom stereocenters. The predicted octanol–water partition coefficient (Wildman–Crippen LogP) is 0.146. The van der Waals surface area contributed by atoms with E-state index in [4.69, 9.17) is 10.8 Å². The Kier molecular flexibility index (Phi) is 18.0. The van der Waals surface area contributed by atoms with Crippen molar-refractivity contribution in [1.82, 2.24) is 0 Å². The van der Waals surface area contributed by atoms with Gasteiger partial charge in [0.1, 0.15) is 6.04 Å². The molecule has 0 spiro atoms.